The third kappa shape index (κ3) is 3.03. The highest BCUT2D eigenvalue weighted by molar-refractivity contribution is 4.83. The van der Waals surface area contributed by atoms with E-state index >= 15 is 0 Å². The maximum atomic E-state index is 9.68. The largest absolute Gasteiger partial charge is 0.390 e. The van der Waals surface area contributed by atoms with Crippen LogP contribution in [0.2, 0.25) is 0 Å². The van der Waals surface area contributed by atoms with Crippen LogP contribution in [0.3, 0.4) is 0 Å². The Morgan fingerprint density at radius 1 is 1.36 bits per heavy atom. The molecule has 1 N–H and O–H groups in total. The summed E-state index contributed by atoms with van der Waals surface area (Å²) >= 11 is 0. The number of aliphatic hydroxyl groups excluding tert-OH is 1. The van der Waals surface area contributed by atoms with E-state index in [1.165, 1.54) is 12.8 Å². The highest BCUT2D eigenvalue weighted by atomic mass is 16.3. The van der Waals surface area contributed by atoms with Crippen molar-refractivity contribution >= 4 is 0 Å². The van der Waals surface area contributed by atoms with Crippen LogP contribution in [-0.4, -0.2) is 48.3 Å². The highest BCUT2D eigenvalue weighted by Crippen LogP contribution is 2.23. The van der Waals surface area contributed by atoms with Gasteiger partial charge in [0.1, 0.15) is 0 Å². The molecule has 1 heterocycles. The van der Waals surface area contributed by atoms with Crippen LogP contribution in [-0.2, 0) is 0 Å². The van der Waals surface area contributed by atoms with E-state index < -0.39 is 0 Å². The maximum Gasteiger partial charge on any atom is 0.0880 e. The van der Waals surface area contributed by atoms with Gasteiger partial charge >= 0.3 is 0 Å². The standard InChI is InChI=1S/C10H21N3O/c1-8-4-5-9(2)13(8)7-10(14)6-12-11-3/h8-10,14H,4-7H2,1-3H3/t8?,9?,10-/m0/s1. The van der Waals surface area contributed by atoms with Crippen molar-refractivity contribution in [2.24, 2.45) is 10.2 Å². The molecule has 0 aromatic carbocycles. The Morgan fingerprint density at radius 3 is 2.43 bits per heavy atom. The smallest absolute Gasteiger partial charge is 0.0880 e. The SMILES string of the molecule is CN=NC[C@H](O)CN1C(C)CCC1C. The molecule has 1 aliphatic rings. The van der Waals surface area contributed by atoms with Gasteiger partial charge in [-0.25, -0.2) is 0 Å². The van der Waals surface area contributed by atoms with E-state index in [4.69, 9.17) is 0 Å². The lowest BCUT2D eigenvalue weighted by Crippen LogP contribution is -2.39. The van der Waals surface area contributed by atoms with Crippen LogP contribution in [0.1, 0.15) is 26.7 Å². The molecule has 3 atom stereocenters. The van der Waals surface area contributed by atoms with Crippen molar-refractivity contribution in [3.63, 3.8) is 0 Å². The third-order valence-electron chi connectivity index (χ3n) is 2.99. The lowest BCUT2D eigenvalue weighted by molar-refractivity contribution is 0.0958. The number of hydrogen-bond acceptors (Lipinski definition) is 4. The summed E-state index contributed by atoms with van der Waals surface area (Å²) in [5.74, 6) is 0. The van der Waals surface area contributed by atoms with Gasteiger partial charge in [0.25, 0.3) is 0 Å². The molecule has 1 fully saturated rings. The Hall–Kier alpha value is -0.480. The quantitative estimate of drug-likeness (QED) is 0.694. The van der Waals surface area contributed by atoms with Crippen molar-refractivity contribution in [1.82, 2.24) is 4.90 Å². The molecule has 0 aliphatic carbocycles. The van der Waals surface area contributed by atoms with Gasteiger partial charge in [-0.2, -0.15) is 10.2 Å². The van der Waals surface area contributed by atoms with Crippen LogP contribution in [0.25, 0.3) is 0 Å². The Bertz CT molecular complexity index is 186. The Kier molecular flexibility index (Phi) is 4.48. The van der Waals surface area contributed by atoms with E-state index in [0.717, 1.165) is 6.54 Å². The first kappa shape index (κ1) is 11.6. The molecule has 14 heavy (non-hydrogen) atoms. The van der Waals surface area contributed by atoms with Crippen molar-refractivity contribution in [2.45, 2.75) is 44.9 Å². The van der Waals surface area contributed by atoms with Crippen LogP contribution >= 0.6 is 0 Å². The molecule has 1 saturated heterocycles. The van der Waals surface area contributed by atoms with E-state index in [2.05, 4.69) is 29.0 Å². The molecule has 4 nitrogen and oxygen atoms in total. The molecule has 0 bridgehead atoms. The third-order valence-corrected chi connectivity index (χ3v) is 2.99. The van der Waals surface area contributed by atoms with Crippen LogP contribution in [0.4, 0.5) is 0 Å². The fourth-order valence-electron chi connectivity index (χ4n) is 2.09. The van der Waals surface area contributed by atoms with E-state index in [9.17, 15) is 5.11 Å². The lowest BCUT2D eigenvalue weighted by atomic mass is 10.2. The summed E-state index contributed by atoms with van der Waals surface area (Å²) in [5.41, 5.74) is 0. The molecule has 0 aromatic rings. The Balaban J connectivity index is 2.34. The summed E-state index contributed by atoms with van der Waals surface area (Å²) in [6.07, 6.45) is 2.11. The van der Waals surface area contributed by atoms with E-state index in [1.807, 2.05) is 0 Å². The van der Waals surface area contributed by atoms with Gasteiger partial charge in [-0.15, -0.1) is 0 Å². The van der Waals surface area contributed by atoms with E-state index in [-0.39, 0.29) is 6.10 Å². The molecule has 2 unspecified atom stereocenters. The first-order chi connectivity index (χ1) is 6.65. The number of β-amino-alcohol motifs (C(OH)–C–C–N with tert-alkyl or cyclic N) is 1. The van der Waals surface area contributed by atoms with Crippen molar-refractivity contribution in [3.8, 4) is 0 Å². The first-order valence-electron chi connectivity index (χ1n) is 5.34. The van der Waals surface area contributed by atoms with Crippen LogP contribution in [0, 0.1) is 0 Å². The fourth-order valence-corrected chi connectivity index (χ4v) is 2.09. The molecule has 0 spiro atoms. The van der Waals surface area contributed by atoms with Crippen LogP contribution in [0.5, 0.6) is 0 Å². The number of likely N-dealkylation sites (tertiary alicyclic amines) is 1. The number of rotatable bonds is 4. The molecule has 0 amide bonds. The van der Waals surface area contributed by atoms with Crippen LogP contribution in [0.15, 0.2) is 10.2 Å². The van der Waals surface area contributed by atoms with Crippen molar-refractivity contribution in [2.75, 3.05) is 20.1 Å². The maximum absolute atomic E-state index is 9.68. The minimum atomic E-state index is -0.373. The topological polar surface area (TPSA) is 48.2 Å². The molecule has 0 radical (unpaired) electrons. The van der Waals surface area contributed by atoms with Gasteiger partial charge in [-0.1, -0.05) is 0 Å². The van der Waals surface area contributed by atoms with Crippen molar-refractivity contribution in [3.05, 3.63) is 0 Å². The van der Waals surface area contributed by atoms with E-state index in [1.54, 1.807) is 7.05 Å². The van der Waals surface area contributed by atoms with Crippen molar-refractivity contribution < 1.29 is 5.11 Å². The normalized spacial score (nSPS) is 31.4. The molecule has 0 aromatic heterocycles. The summed E-state index contributed by atoms with van der Waals surface area (Å²) in [5, 5.41) is 17.1. The molecule has 4 heteroatoms. The second-order valence-electron chi connectivity index (χ2n) is 4.15. The summed E-state index contributed by atoms with van der Waals surface area (Å²) in [6, 6.07) is 1.19. The minimum absolute atomic E-state index is 0.373. The highest BCUT2D eigenvalue weighted by Gasteiger charge is 2.28. The van der Waals surface area contributed by atoms with Gasteiger partial charge in [0, 0.05) is 25.7 Å². The number of hydrogen-bond donors (Lipinski definition) is 1. The van der Waals surface area contributed by atoms with Gasteiger partial charge in [-0.05, 0) is 26.7 Å². The fraction of sp³-hybridized carbons (Fsp3) is 1.00. The zero-order valence-electron chi connectivity index (χ0n) is 9.35. The number of aliphatic hydroxyl groups is 1. The van der Waals surface area contributed by atoms with E-state index in [0.29, 0.717) is 18.6 Å². The number of azo groups is 1. The molecular weight excluding hydrogens is 178 g/mol. The Labute approximate surface area is 86.0 Å². The van der Waals surface area contributed by atoms with Crippen LogP contribution < -0.4 is 0 Å². The van der Waals surface area contributed by atoms with Gasteiger partial charge in [0.05, 0.1) is 12.6 Å². The average molecular weight is 199 g/mol. The molecule has 82 valence electrons. The zero-order valence-corrected chi connectivity index (χ0v) is 9.35. The molecule has 1 aliphatic heterocycles. The zero-order chi connectivity index (χ0) is 10.6. The summed E-state index contributed by atoms with van der Waals surface area (Å²) in [6.45, 7) is 5.59. The second kappa shape index (κ2) is 5.41. The summed E-state index contributed by atoms with van der Waals surface area (Å²) < 4.78 is 0. The first-order valence-corrected chi connectivity index (χ1v) is 5.34. The van der Waals surface area contributed by atoms with Gasteiger partial charge < -0.3 is 5.11 Å². The number of nitrogens with zero attached hydrogens (tertiary/aromatic N) is 3. The van der Waals surface area contributed by atoms with Gasteiger partial charge in [-0.3, -0.25) is 4.90 Å². The predicted molar refractivity (Wildman–Crippen MR) is 56.5 cm³/mol. The lowest BCUT2D eigenvalue weighted by Gasteiger charge is -2.27. The summed E-state index contributed by atoms with van der Waals surface area (Å²) in [7, 11) is 1.63. The summed E-state index contributed by atoms with van der Waals surface area (Å²) in [4.78, 5) is 2.36. The molecule has 1 rings (SSSR count). The predicted octanol–water partition coefficient (Wildman–Crippen LogP) is 1.30. The van der Waals surface area contributed by atoms with Crippen molar-refractivity contribution in [1.29, 1.82) is 0 Å². The second-order valence-corrected chi connectivity index (χ2v) is 4.15. The monoisotopic (exact) mass is 199 g/mol. The van der Waals surface area contributed by atoms with Gasteiger partial charge in [0.2, 0.25) is 0 Å². The minimum Gasteiger partial charge on any atom is -0.390 e. The van der Waals surface area contributed by atoms with Gasteiger partial charge in [0.15, 0.2) is 0 Å². The molecule has 0 saturated carbocycles. The Morgan fingerprint density at radius 2 is 1.93 bits per heavy atom. The average Bonchev–Trinajstić information content (AvgIpc) is 2.46. The molecular formula is C10H21N3O.